The fourth-order valence-corrected chi connectivity index (χ4v) is 3.70. The first-order valence-electron chi connectivity index (χ1n) is 5.74. The summed E-state index contributed by atoms with van der Waals surface area (Å²) in [7, 11) is 0. The molecule has 0 amide bonds. The van der Waals surface area contributed by atoms with Crippen molar-refractivity contribution < 1.29 is 4.74 Å². The molecule has 5 heteroatoms. The number of nitrogens with two attached hydrogens (primary N) is 1. The van der Waals surface area contributed by atoms with E-state index in [1.54, 1.807) is 23.1 Å². The predicted molar refractivity (Wildman–Crippen MR) is 84.7 cm³/mol. The van der Waals surface area contributed by atoms with Crippen molar-refractivity contribution in [3.8, 4) is 5.75 Å². The van der Waals surface area contributed by atoms with E-state index in [4.69, 9.17) is 10.5 Å². The van der Waals surface area contributed by atoms with Crippen molar-refractivity contribution >= 4 is 41.1 Å². The molecule has 2 aromatic rings. The van der Waals surface area contributed by atoms with Crippen molar-refractivity contribution in [2.45, 2.75) is 9.10 Å². The second-order valence-electron chi connectivity index (χ2n) is 3.94. The molecule has 0 radical (unpaired) electrons. The number of rotatable bonds is 3. The summed E-state index contributed by atoms with van der Waals surface area (Å²) in [6.45, 7) is 1.18. The topological polar surface area (TPSA) is 35.2 Å². The van der Waals surface area contributed by atoms with Crippen LogP contribution in [0.3, 0.4) is 0 Å². The molecule has 0 fully saturated rings. The maximum atomic E-state index is 5.74. The van der Waals surface area contributed by atoms with Gasteiger partial charge in [-0.2, -0.15) is 0 Å². The molecule has 0 saturated carbocycles. The van der Waals surface area contributed by atoms with Crippen molar-refractivity contribution in [2.24, 2.45) is 5.73 Å². The molecular formula is C14H14ClNOS2. The van der Waals surface area contributed by atoms with Crippen LogP contribution >= 0.6 is 35.5 Å². The fraction of sp³-hybridized carbons (Fsp3) is 0.143. The Bertz CT molecular complexity index is 581. The minimum absolute atomic E-state index is 0. The summed E-state index contributed by atoms with van der Waals surface area (Å²) in [6.07, 6.45) is 2.05. The minimum atomic E-state index is 0. The minimum Gasteiger partial charge on any atom is -0.489 e. The number of fused-ring (bicyclic) bond motifs is 1. The molecule has 0 bridgehead atoms. The third-order valence-corrected chi connectivity index (χ3v) is 4.83. The van der Waals surface area contributed by atoms with E-state index in [-0.39, 0.29) is 12.4 Å². The number of benzene rings is 1. The lowest BCUT2D eigenvalue weighted by Gasteiger charge is -2.18. The van der Waals surface area contributed by atoms with E-state index < -0.39 is 0 Å². The van der Waals surface area contributed by atoms with Gasteiger partial charge in [0.2, 0.25) is 0 Å². The van der Waals surface area contributed by atoms with Crippen molar-refractivity contribution in [1.82, 2.24) is 0 Å². The Balaban J connectivity index is 0.00000133. The number of hydrogen-bond donors (Lipinski definition) is 1. The fourth-order valence-electron chi connectivity index (χ4n) is 1.92. The van der Waals surface area contributed by atoms with E-state index in [1.807, 2.05) is 0 Å². The van der Waals surface area contributed by atoms with Crippen LogP contribution in [0.15, 0.2) is 50.9 Å². The standard InChI is InChI=1S/C14H13NOS2.ClH/c15-9-10-5-6-16-13-8-11(3-4-12(10)13)18-14-2-1-7-17-14;/h1-5,7-8H,6,9,15H2;1H. The zero-order valence-corrected chi connectivity index (χ0v) is 12.6. The van der Waals surface area contributed by atoms with E-state index in [0.717, 1.165) is 11.3 Å². The highest BCUT2D eigenvalue weighted by Gasteiger charge is 2.13. The van der Waals surface area contributed by atoms with Gasteiger partial charge in [-0.3, -0.25) is 0 Å². The first-order valence-corrected chi connectivity index (χ1v) is 7.44. The molecule has 1 aromatic heterocycles. The Morgan fingerprint density at radius 3 is 2.95 bits per heavy atom. The number of hydrogen-bond acceptors (Lipinski definition) is 4. The van der Waals surface area contributed by atoms with Crippen LogP contribution in [0, 0.1) is 0 Å². The summed E-state index contributed by atoms with van der Waals surface area (Å²) in [4.78, 5) is 1.20. The molecule has 19 heavy (non-hydrogen) atoms. The van der Waals surface area contributed by atoms with Gasteiger partial charge in [0.1, 0.15) is 12.4 Å². The zero-order valence-electron chi connectivity index (χ0n) is 10.2. The summed E-state index contributed by atoms with van der Waals surface area (Å²) < 4.78 is 6.97. The predicted octanol–water partition coefficient (Wildman–Crippen LogP) is 4.06. The van der Waals surface area contributed by atoms with Crippen molar-refractivity contribution in [1.29, 1.82) is 0 Å². The smallest absolute Gasteiger partial charge is 0.128 e. The van der Waals surface area contributed by atoms with E-state index >= 15 is 0 Å². The molecule has 0 saturated heterocycles. The second-order valence-corrected chi connectivity index (χ2v) is 6.26. The molecule has 1 aliphatic rings. The molecule has 0 spiro atoms. The van der Waals surface area contributed by atoms with Crippen LogP contribution in [0.25, 0.3) is 5.57 Å². The molecule has 0 unspecified atom stereocenters. The maximum Gasteiger partial charge on any atom is 0.128 e. The van der Waals surface area contributed by atoms with E-state index in [1.165, 1.54) is 14.7 Å². The molecule has 100 valence electrons. The van der Waals surface area contributed by atoms with Gasteiger partial charge < -0.3 is 10.5 Å². The van der Waals surface area contributed by atoms with Crippen LogP contribution in [-0.2, 0) is 0 Å². The van der Waals surface area contributed by atoms with Gasteiger partial charge >= 0.3 is 0 Å². The van der Waals surface area contributed by atoms with Crippen molar-refractivity contribution in [3.05, 3.63) is 47.4 Å². The Morgan fingerprint density at radius 2 is 2.21 bits per heavy atom. The second kappa shape index (κ2) is 6.48. The monoisotopic (exact) mass is 311 g/mol. The molecule has 3 rings (SSSR count). The van der Waals surface area contributed by atoms with E-state index in [2.05, 4.69) is 41.8 Å². The first kappa shape index (κ1) is 14.5. The van der Waals surface area contributed by atoms with Crippen LogP contribution in [-0.4, -0.2) is 13.2 Å². The van der Waals surface area contributed by atoms with Gasteiger partial charge in [0, 0.05) is 17.0 Å². The van der Waals surface area contributed by atoms with E-state index in [9.17, 15) is 0 Å². The average Bonchev–Trinajstić information content (AvgIpc) is 2.90. The van der Waals surface area contributed by atoms with Crippen LogP contribution in [0.5, 0.6) is 5.75 Å². The zero-order chi connectivity index (χ0) is 12.4. The average molecular weight is 312 g/mol. The molecule has 1 aromatic carbocycles. The first-order chi connectivity index (χ1) is 8.86. The largest absolute Gasteiger partial charge is 0.489 e. The number of thiophene rings is 1. The molecule has 2 N–H and O–H groups in total. The lowest BCUT2D eigenvalue weighted by atomic mass is 10.0. The molecule has 2 nitrogen and oxygen atoms in total. The van der Waals surface area contributed by atoms with Gasteiger partial charge in [-0.05, 0) is 41.3 Å². The highest BCUT2D eigenvalue weighted by molar-refractivity contribution is 8.01. The quantitative estimate of drug-likeness (QED) is 0.928. The summed E-state index contributed by atoms with van der Waals surface area (Å²) in [5, 5.41) is 2.09. The molecule has 0 aliphatic carbocycles. The molecule has 0 atom stereocenters. The SMILES string of the molecule is Cl.NCC1=CCOc2cc(Sc3cccs3)ccc21. The number of halogens is 1. The highest BCUT2D eigenvalue weighted by Crippen LogP contribution is 2.37. The highest BCUT2D eigenvalue weighted by atomic mass is 35.5. The maximum absolute atomic E-state index is 5.74. The van der Waals surface area contributed by atoms with Gasteiger partial charge in [0.15, 0.2) is 0 Å². The third-order valence-electron chi connectivity index (χ3n) is 2.80. The van der Waals surface area contributed by atoms with Gasteiger partial charge in [0.25, 0.3) is 0 Å². The summed E-state index contributed by atoms with van der Waals surface area (Å²) in [5.74, 6) is 0.944. The van der Waals surface area contributed by atoms with Crippen LogP contribution in [0.4, 0.5) is 0 Å². The summed E-state index contributed by atoms with van der Waals surface area (Å²) in [6, 6.07) is 10.5. The van der Waals surface area contributed by atoms with Crippen LogP contribution in [0.2, 0.25) is 0 Å². The molecule has 1 aliphatic heterocycles. The van der Waals surface area contributed by atoms with Gasteiger partial charge in [0.05, 0.1) is 4.21 Å². The number of ether oxygens (including phenoxy) is 1. The van der Waals surface area contributed by atoms with Gasteiger partial charge in [-0.15, -0.1) is 23.7 Å². The van der Waals surface area contributed by atoms with E-state index in [0.29, 0.717) is 13.2 Å². The lowest BCUT2D eigenvalue weighted by molar-refractivity contribution is 0.356. The van der Waals surface area contributed by atoms with Gasteiger partial charge in [-0.25, -0.2) is 0 Å². The Kier molecular flexibility index (Phi) is 4.93. The Hall–Kier alpha value is -0.940. The van der Waals surface area contributed by atoms with Crippen LogP contribution < -0.4 is 10.5 Å². The molecule has 2 heterocycles. The third kappa shape index (κ3) is 3.15. The lowest BCUT2D eigenvalue weighted by Crippen LogP contribution is -2.10. The van der Waals surface area contributed by atoms with Crippen molar-refractivity contribution in [3.63, 3.8) is 0 Å². The normalized spacial score (nSPS) is 13.0. The Labute approximate surface area is 127 Å². The molecular weight excluding hydrogens is 298 g/mol. The summed E-state index contributed by atoms with van der Waals surface area (Å²) >= 11 is 3.51. The van der Waals surface area contributed by atoms with Crippen LogP contribution in [0.1, 0.15) is 5.56 Å². The van der Waals surface area contributed by atoms with Crippen molar-refractivity contribution in [2.75, 3.05) is 13.2 Å². The van der Waals surface area contributed by atoms with Gasteiger partial charge in [-0.1, -0.05) is 17.8 Å². The Morgan fingerprint density at radius 1 is 1.32 bits per heavy atom. The summed E-state index contributed by atoms with van der Waals surface area (Å²) in [5.41, 5.74) is 8.03.